The van der Waals surface area contributed by atoms with E-state index >= 15 is 0 Å². The van der Waals surface area contributed by atoms with Crippen LogP contribution in [0.25, 0.3) is 0 Å². The molecule has 0 fully saturated rings. The smallest absolute Gasteiger partial charge is 0.0760 e. The zero-order valence-corrected chi connectivity index (χ0v) is 15.7. The van der Waals surface area contributed by atoms with Gasteiger partial charge in [0.1, 0.15) is 0 Å². The van der Waals surface area contributed by atoms with Gasteiger partial charge < -0.3 is 0 Å². The molecule has 0 aromatic rings. The normalized spacial score (nSPS) is 15.1. The van der Waals surface area contributed by atoms with Crippen molar-refractivity contribution >= 4 is 0 Å². The number of rotatable bonds is 6. The number of hydrogen-bond donors (Lipinski definition) is 0. The Morgan fingerprint density at radius 3 is 0.900 bits per heavy atom. The molecule has 0 atom stereocenters. The highest BCUT2D eigenvalue weighted by molar-refractivity contribution is 4.83. The fraction of sp³-hybridized carbons (Fsp3) is 1.00. The Bertz CT molecular complexity index is 279. The van der Waals surface area contributed by atoms with Gasteiger partial charge in [-0.05, 0) is 64.2 Å². The van der Waals surface area contributed by atoms with Crippen LogP contribution in [-0.2, 0) is 0 Å². The second kappa shape index (κ2) is 6.58. The Kier molecular flexibility index (Phi) is 6.44. The van der Waals surface area contributed by atoms with Gasteiger partial charge in [0, 0.05) is 0 Å². The molecular weight excluding hydrogens is 244 g/mol. The fourth-order valence-corrected chi connectivity index (χ4v) is 1.73. The summed E-state index contributed by atoms with van der Waals surface area (Å²) in [6, 6.07) is 0. The molecule has 20 heavy (non-hydrogen) atoms. The molecule has 0 saturated heterocycles. The summed E-state index contributed by atoms with van der Waals surface area (Å²) >= 11 is 0. The van der Waals surface area contributed by atoms with Crippen LogP contribution >= 0.6 is 0 Å². The van der Waals surface area contributed by atoms with Crippen molar-refractivity contribution in [3.8, 4) is 0 Å². The van der Waals surface area contributed by atoms with E-state index in [4.69, 9.17) is 0 Å². The van der Waals surface area contributed by atoms with E-state index in [1.165, 1.54) is 12.8 Å². The molecule has 0 rings (SSSR count). The van der Waals surface area contributed by atoms with Crippen molar-refractivity contribution in [2.45, 2.75) is 106 Å². The molecule has 0 aliphatic carbocycles. The molecule has 0 spiro atoms. The van der Waals surface area contributed by atoms with Crippen molar-refractivity contribution < 1.29 is 0 Å². The van der Waals surface area contributed by atoms with Crippen molar-refractivity contribution in [1.29, 1.82) is 0 Å². The first-order valence-electron chi connectivity index (χ1n) is 8.06. The van der Waals surface area contributed by atoms with Crippen LogP contribution in [0.15, 0.2) is 10.2 Å². The SMILES string of the molecule is CC(C)(C)CCC(C)(C)N=NC(C)(C)CCC(C)(C)C. The number of hydrogen-bond acceptors (Lipinski definition) is 2. The molecule has 0 N–H and O–H groups in total. The third-order valence-corrected chi connectivity index (χ3v) is 3.57. The van der Waals surface area contributed by atoms with E-state index in [1.807, 2.05) is 0 Å². The predicted molar refractivity (Wildman–Crippen MR) is 90.4 cm³/mol. The summed E-state index contributed by atoms with van der Waals surface area (Å²) in [7, 11) is 0. The van der Waals surface area contributed by atoms with Crippen LogP contribution in [0.2, 0.25) is 0 Å². The highest BCUT2D eigenvalue weighted by Gasteiger charge is 2.25. The van der Waals surface area contributed by atoms with Crippen LogP contribution in [0.5, 0.6) is 0 Å². The molecule has 120 valence electrons. The summed E-state index contributed by atoms with van der Waals surface area (Å²) in [4.78, 5) is 0. The van der Waals surface area contributed by atoms with Gasteiger partial charge in [-0.2, -0.15) is 10.2 Å². The first-order chi connectivity index (χ1) is 8.62. The Balaban J connectivity index is 4.50. The predicted octanol–water partition coefficient (Wildman–Crippen LogP) is 6.65. The van der Waals surface area contributed by atoms with E-state index in [9.17, 15) is 0 Å². The summed E-state index contributed by atoms with van der Waals surface area (Å²) < 4.78 is 0. The fourth-order valence-electron chi connectivity index (χ4n) is 1.73. The first kappa shape index (κ1) is 19.6. The van der Waals surface area contributed by atoms with Crippen LogP contribution in [0.4, 0.5) is 0 Å². The molecule has 0 aromatic heterocycles. The molecule has 0 saturated carbocycles. The van der Waals surface area contributed by atoms with Gasteiger partial charge in [0.2, 0.25) is 0 Å². The van der Waals surface area contributed by atoms with Gasteiger partial charge in [-0.1, -0.05) is 41.5 Å². The number of azo groups is 1. The van der Waals surface area contributed by atoms with E-state index < -0.39 is 0 Å². The number of nitrogens with zero attached hydrogens (tertiary/aromatic N) is 2. The van der Waals surface area contributed by atoms with Gasteiger partial charge in [0.15, 0.2) is 0 Å². The first-order valence-corrected chi connectivity index (χ1v) is 8.06. The molecular formula is C18H38N2. The minimum absolute atomic E-state index is 0.0493. The average Bonchev–Trinajstić information content (AvgIpc) is 2.20. The summed E-state index contributed by atoms with van der Waals surface area (Å²) in [5.74, 6) is 0. The van der Waals surface area contributed by atoms with Crippen molar-refractivity contribution in [3.05, 3.63) is 0 Å². The molecule has 2 nitrogen and oxygen atoms in total. The topological polar surface area (TPSA) is 24.7 Å². The Labute approximate surface area is 127 Å². The summed E-state index contributed by atoms with van der Waals surface area (Å²) in [5, 5.41) is 9.31. The molecule has 0 bridgehead atoms. The molecule has 0 unspecified atom stereocenters. The summed E-state index contributed by atoms with van der Waals surface area (Å²) in [6.45, 7) is 22.5. The maximum atomic E-state index is 4.66. The highest BCUT2D eigenvalue weighted by atomic mass is 15.2. The standard InChI is InChI=1S/C18H38N2/c1-15(2,3)11-13-17(7,8)19-20-18(9,10)14-12-16(4,5)6/h11-14H2,1-10H3. The van der Waals surface area contributed by atoms with Crippen LogP contribution in [0.3, 0.4) is 0 Å². The van der Waals surface area contributed by atoms with Crippen LogP contribution in [0, 0.1) is 10.8 Å². The minimum atomic E-state index is -0.0493. The van der Waals surface area contributed by atoms with Crippen LogP contribution in [0.1, 0.15) is 94.9 Å². The average molecular weight is 283 g/mol. The molecule has 0 aliphatic rings. The minimum Gasteiger partial charge on any atom is -0.187 e. The van der Waals surface area contributed by atoms with Gasteiger partial charge in [-0.25, -0.2) is 0 Å². The molecule has 0 radical (unpaired) electrons. The molecule has 0 amide bonds. The van der Waals surface area contributed by atoms with Crippen molar-refractivity contribution in [2.24, 2.45) is 21.1 Å². The zero-order valence-electron chi connectivity index (χ0n) is 15.7. The molecule has 0 aliphatic heterocycles. The van der Waals surface area contributed by atoms with Crippen molar-refractivity contribution in [3.63, 3.8) is 0 Å². The quantitative estimate of drug-likeness (QED) is 0.487. The zero-order chi connectivity index (χ0) is 16.2. The van der Waals surface area contributed by atoms with Gasteiger partial charge in [0.05, 0.1) is 11.1 Å². The lowest BCUT2D eigenvalue weighted by Gasteiger charge is -2.28. The Morgan fingerprint density at radius 2 is 0.700 bits per heavy atom. The van der Waals surface area contributed by atoms with E-state index in [2.05, 4.69) is 79.5 Å². The lowest BCUT2D eigenvalue weighted by atomic mass is 9.84. The van der Waals surface area contributed by atoms with E-state index in [0.717, 1.165) is 12.8 Å². The van der Waals surface area contributed by atoms with Gasteiger partial charge in [-0.3, -0.25) is 0 Å². The lowest BCUT2D eigenvalue weighted by Crippen LogP contribution is -2.24. The van der Waals surface area contributed by atoms with Crippen LogP contribution in [-0.4, -0.2) is 11.1 Å². The molecule has 2 heteroatoms. The van der Waals surface area contributed by atoms with E-state index in [0.29, 0.717) is 10.8 Å². The Morgan fingerprint density at radius 1 is 0.450 bits per heavy atom. The largest absolute Gasteiger partial charge is 0.187 e. The Hall–Kier alpha value is -0.400. The van der Waals surface area contributed by atoms with E-state index in [1.54, 1.807) is 0 Å². The monoisotopic (exact) mass is 282 g/mol. The van der Waals surface area contributed by atoms with E-state index in [-0.39, 0.29) is 11.1 Å². The summed E-state index contributed by atoms with van der Waals surface area (Å²) in [6.07, 6.45) is 4.55. The molecule has 0 heterocycles. The lowest BCUT2D eigenvalue weighted by molar-refractivity contribution is 0.286. The summed E-state index contributed by atoms with van der Waals surface area (Å²) in [5.41, 5.74) is 0.641. The maximum absolute atomic E-state index is 4.66. The third-order valence-electron chi connectivity index (χ3n) is 3.57. The molecule has 0 aromatic carbocycles. The third kappa shape index (κ3) is 11.4. The maximum Gasteiger partial charge on any atom is 0.0760 e. The van der Waals surface area contributed by atoms with Gasteiger partial charge in [0.25, 0.3) is 0 Å². The highest BCUT2D eigenvalue weighted by Crippen LogP contribution is 2.31. The second-order valence-electron chi connectivity index (χ2n) is 9.95. The van der Waals surface area contributed by atoms with Crippen molar-refractivity contribution in [2.75, 3.05) is 0 Å². The van der Waals surface area contributed by atoms with Crippen molar-refractivity contribution in [1.82, 2.24) is 0 Å². The van der Waals surface area contributed by atoms with Gasteiger partial charge in [-0.15, -0.1) is 0 Å². The van der Waals surface area contributed by atoms with Crippen LogP contribution < -0.4 is 0 Å². The second-order valence-corrected chi connectivity index (χ2v) is 9.95. The van der Waals surface area contributed by atoms with Gasteiger partial charge >= 0.3 is 0 Å².